The number of carbonyl (C=O) groups excluding carboxylic acids is 3. The van der Waals surface area contributed by atoms with Crippen LogP contribution in [0.3, 0.4) is 0 Å². The summed E-state index contributed by atoms with van der Waals surface area (Å²) in [5, 5.41) is 9.28. The predicted octanol–water partition coefficient (Wildman–Crippen LogP) is 4.99. The maximum Gasteiger partial charge on any atom is 0.408 e. The molecule has 46 heavy (non-hydrogen) atoms. The summed E-state index contributed by atoms with van der Waals surface area (Å²) < 4.78 is 23.8. The number of nitrogens with zero attached hydrogens (tertiary/aromatic N) is 1. The number of carbonyl (C=O) groups is 3. The van der Waals surface area contributed by atoms with Crippen molar-refractivity contribution < 1.29 is 33.0 Å². The van der Waals surface area contributed by atoms with Crippen molar-refractivity contribution in [2.24, 2.45) is 5.41 Å². The van der Waals surface area contributed by atoms with E-state index in [9.17, 15) is 14.4 Å². The Balaban J connectivity index is 1.38. The lowest BCUT2D eigenvalue weighted by atomic mass is 9.72. The van der Waals surface area contributed by atoms with E-state index >= 15 is 0 Å². The number of anilines is 1. The van der Waals surface area contributed by atoms with Gasteiger partial charge in [-0.05, 0) is 34.2 Å². The van der Waals surface area contributed by atoms with Gasteiger partial charge in [-0.25, -0.2) is 14.6 Å². The third-order valence-corrected chi connectivity index (χ3v) is 8.79. The average Bonchev–Trinajstić information content (AvgIpc) is 3.70. The number of benzene rings is 3. The number of nitrogens with one attached hydrogen (secondary N) is 3. The van der Waals surface area contributed by atoms with E-state index < -0.39 is 47.1 Å². The van der Waals surface area contributed by atoms with Crippen LogP contribution in [0.4, 0.5) is 10.5 Å². The van der Waals surface area contributed by atoms with Gasteiger partial charge in [0.2, 0.25) is 11.8 Å². The van der Waals surface area contributed by atoms with Gasteiger partial charge in [-0.3, -0.25) is 4.79 Å². The van der Waals surface area contributed by atoms with E-state index in [-0.39, 0.29) is 30.4 Å². The van der Waals surface area contributed by atoms with Crippen molar-refractivity contribution in [3.05, 3.63) is 112 Å². The van der Waals surface area contributed by atoms with Crippen molar-refractivity contribution in [1.29, 1.82) is 0 Å². The molecular formula is C35H34N4O7. The second kappa shape index (κ2) is 10.9. The average molecular weight is 623 g/mol. The lowest BCUT2D eigenvalue weighted by Crippen LogP contribution is -2.50. The van der Waals surface area contributed by atoms with Crippen molar-refractivity contribution >= 4 is 23.7 Å². The first-order chi connectivity index (χ1) is 22.1. The molecule has 4 aromatic rings. The number of fused-ring (bicyclic) bond motifs is 4. The molecule has 3 aliphatic heterocycles. The third-order valence-electron chi connectivity index (χ3n) is 8.79. The van der Waals surface area contributed by atoms with Crippen LogP contribution >= 0.6 is 0 Å². The summed E-state index contributed by atoms with van der Waals surface area (Å²) in [5.41, 5.74) is 2.23. The van der Waals surface area contributed by atoms with Crippen LogP contribution in [0.5, 0.6) is 5.75 Å². The molecular weight excluding hydrogens is 588 g/mol. The molecule has 0 fully saturated rings. The lowest BCUT2D eigenvalue weighted by molar-refractivity contribution is -0.124. The number of esters is 1. The Morgan fingerprint density at radius 3 is 2.54 bits per heavy atom. The Morgan fingerprint density at radius 1 is 1.02 bits per heavy atom. The summed E-state index contributed by atoms with van der Waals surface area (Å²) in [6.45, 7) is 5.83. The zero-order valence-corrected chi connectivity index (χ0v) is 25.9. The lowest BCUT2D eigenvalue weighted by Gasteiger charge is -2.32. The molecule has 11 nitrogen and oxygen atoms in total. The SMILES string of the molecule is COC(=O)c1nc2oc1[C@@]13c4ccccc4N[C@@H]1Oc1ccc(cc13)C[C@H](NC(=O)OCc1ccccc1)C(=O)N[C@H]2C(C)(C)C. The van der Waals surface area contributed by atoms with E-state index in [4.69, 9.17) is 23.6 Å². The number of alkyl carbamates (subject to hydrolysis) is 1. The number of ether oxygens (including phenoxy) is 3. The molecule has 1 aromatic heterocycles. The topological polar surface area (TPSA) is 141 Å². The van der Waals surface area contributed by atoms with Gasteiger partial charge in [-0.15, -0.1) is 0 Å². The van der Waals surface area contributed by atoms with Crippen LogP contribution in [0.15, 0.2) is 77.2 Å². The fourth-order valence-electron chi connectivity index (χ4n) is 6.56. The molecule has 0 unspecified atom stereocenters. The van der Waals surface area contributed by atoms with E-state index in [0.717, 1.165) is 27.9 Å². The second-order valence-corrected chi connectivity index (χ2v) is 12.8. The van der Waals surface area contributed by atoms with E-state index in [1.54, 1.807) is 0 Å². The number of rotatable bonds is 4. The zero-order valence-electron chi connectivity index (χ0n) is 25.9. The Morgan fingerprint density at radius 2 is 1.78 bits per heavy atom. The fourth-order valence-corrected chi connectivity index (χ4v) is 6.56. The van der Waals surface area contributed by atoms with Crippen LogP contribution in [0.1, 0.15) is 71.2 Å². The van der Waals surface area contributed by atoms with Gasteiger partial charge in [0.1, 0.15) is 29.9 Å². The van der Waals surface area contributed by atoms with Gasteiger partial charge in [0.05, 0.1) is 7.11 Å². The third kappa shape index (κ3) is 4.74. The van der Waals surface area contributed by atoms with Gasteiger partial charge in [-0.1, -0.05) is 81.4 Å². The largest absolute Gasteiger partial charge is 0.469 e. The molecule has 3 aliphatic rings. The number of hydrogen-bond donors (Lipinski definition) is 3. The smallest absolute Gasteiger partial charge is 0.408 e. The quantitative estimate of drug-likeness (QED) is 0.268. The van der Waals surface area contributed by atoms with Crippen LogP contribution in [0.25, 0.3) is 0 Å². The monoisotopic (exact) mass is 622 g/mol. The number of aromatic nitrogens is 1. The van der Waals surface area contributed by atoms with Crippen molar-refractivity contribution in [3.63, 3.8) is 0 Å². The van der Waals surface area contributed by atoms with Crippen molar-refractivity contribution in [2.45, 2.75) is 57.5 Å². The van der Waals surface area contributed by atoms with Crippen LogP contribution in [0, 0.1) is 5.41 Å². The van der Waals surface area contributed by atoms with Gasteiger partial charge in [0.25, 0.3) is 0 Å². The van der Waals surface area contributed by atoms with Crippen molar-refractivity contribution in [1.82, 2.24) is 15.6 Å². The minimum atomic E-state index is -1.11. The summed E-state index contributed by atoms with van der Waals surface area (Å²) in [4.78, 5) is 45.1. The van der Waals surface area contributed by atoms with Gasteiger partial charge in [0, 0.05) is 17.7 Å². The van der Waals surface area contributed by atoms with Gasteiger partial charge in [0.15, 0.2) is 17.7 Å². The predicted molar refractivity (Wildman–Crippen MR) is 166 cm³/mol. The Bertz CT molecular complexity index is 1850. The molecule has 11 heteroatoms. The molecule has 7 rings (SSSR count). The first-order valence-electron chi connectivity index (χ1n) is 15.1. The number of amides is 2. The molecule has 0 saturated carbocycles. The van der Waals surface area contributed by atoms with E-state index in [1.165, 1.54) is 7.11 Å². The highest BCUT2D eigenvalue weighted by Gasteiger charge is 2.61. The molecule has 0 aliphatic carbocycles. The maximum absolute atomic E-state index is 14.0. The number of methoxy groups -OCH3 is 1. The standard InChI is InChI=1S/C35H34N4O7/c1-34(2,3)27-30-38-26(31(41)43-4)28(46-30)35-21-12-8-9-13-23(21)36-32(35)45-25-15-14-20(16-22(25)35)17-24(29(40)39-27)37-33(42)44-18-19-10-6-5-7-11-19/h5-16,24,27,32,36H,17-18H2,1-4H3,(H,37,42)(H,39,40)/t24-,27+,32+,35-/m0/s1. The number of hydrogen-bond acceptors (Lipinski definition) is 9. The number of para-hydroxylation sites is 1. The second-order valence-electron chi connectivity index (χ2n) is 12.8. The van der Waals surface area contributed by atoms with Crippen molar-refractivity contribution in [3.8, 4) is 5.75 Å². The van der Waals surface area contributed by atoms with Crippen molar-refractivity contribution in [2.75, 3.05) is 12.4 Å². The van der Waals surface area contributed by atoms with E-state index in [0.29, 0.717) is 5.75 Å². The Labute approximate surface area is 265 Å². The van der Waals surface area contributed by atoms with E-state index in [2.05, 4.69) is 16.0 Å². The summed E-state index contributed by atoms with van der Waals surface area (Å²) in [6.07, 6.45) is -1.24. The summed E-state index contributed by atoms with van der Waals surface area (Å²) in [6, 6.07) is 20.9. The summed E-state index contributed by atoms with van der Waals surface area (Å²) >= 11 is 0. The molecule has 4 heterocycles. The zero-order chi connectivity index (χ0) is 32.2. The first kappa shape index (κ1) is 29.4. The van der Waals surface area contributed by atoms with Crippen LogP contribution in [0.2, 0.25) is 0 Å². The molecule has 2 amide bonds. The van der Waals surface area contributed by atoms with Gasteiger partial charge in [-0.2, -0.15) is 0 Å². The molecule has 4 atom stereocenters. The van der Waals surface area contributed by atoms with Gasteiger partial charge < -0.3 is 34.6 Å². The highest BCUT2D eigenvalue weighted by molar-refractivity contribution is 5.91. The van der Waals surface area contributed by atoms with Gasteiger partial charge >= 0.3 is 12.1 Å². The molecule has 3 aromatic carbocycles. The Kier molecular flexibility index (Phi) is 6.99. The minimum absolute atomic E-state index is 0.00948. The first-order valence-corrected chi connectivity index (χ1v) is 15.1. The van der Waals surface area contributed by atoms with E-state index in [1.807, 2.05) is 93.6 Å². The maximum atomic E-state index is 14.0. The normalized spacial score (nSPS) is 22.5. The molecule has 0 radical (unpaired) electrons. The highest BCUT2D eigenvalue weighted by atomic mass is 16.5. The molecule has 1 spiro atoms. The summed E-state index contributed by atoms with van der Waals surface area (Å²) in [5.74, 6) is -0.166. The van der Waals surface area contributed by atoms with Crippen LogP contribution in [-0.4, -0.2) is 42.3 Å². The fraction of sp³-hybridized carbons (Fsp3) is 0.314. The minimum Gasteiger partial charge on any atom is -0.469 e. The summed E-state index contributed by atoms with van der Waals surface area (Å²) in [7, 11) is 1.29. The molecule has 3 N–H and O–H groups in total. The highest BCUT2D eigenvalue weighted by Crippen LogP contribution is 2.58. The van der Waals surface area contributed by atoms with Crippen LogP contribution < -0.4 is 20.7 Å². The number of oxazole rings is 1. The molecule has 236 valence electrons. The van der Waals surface area contributed by atoms with Crippen LogP contribution in [-0.2, 0) is 32.7 Å². The molecule has 4 bridgehead atoms. The molecule has 0 saturated heterocycles. The Hall–Kier alpha value is -5.32.